The van der Waals surface area contributed by atoms with Crippen molar-refractivity contribution in [2.75, 3.05) is 13.6 Å². The molecule has 2 N–H and O–H groups in total. The van der Waals surface area contributed by atoms with Gasteiger partial charge >= 0.3 is 12.1 Å². The number of alkyl carbamates (subject to hydrolysis) is 1. The molecule has 0 bridgehead atoms. The molecule has 6 nitrogen and oxygen atoms in total. The minimum Gasteiger partial charge on any atom is -0.480 e. The molecular weight excluding hydrogens is 260 g/mol. The number of rotatable bonds is 2. The fraction of sp³-hybridized carbons (Fsp3) is 0.818. The van der Waals surface area contributed by atoms with E-state index in [0.717, 1.165) is 0 Å². The highest BCUT2D eigenvalue weighted by Gasteiger charge is 2.35. The highest BCUT2D eigenvalue weighted by Crippen LogP contribution is 2.16. The summed E-state index contributed by atoms with van der Waals surface area (Å²) in [4.78, 5) is 24.1. The van der Waals surface area contributed by atoms with Crippen LogP contribution in [0.15, 0.2) is 0 Å². The number of carbonyl (C=O) groups excluding carboxylic acids is 1. The Morgan fingerprint density at radius 2 is 1.94 bits per heavy atom. The number of likely N-dealkylation sites (tertiary alicyclic amines) is 1. The van der Waals surface area contributed by atoms with Gasteiger partial charge in [-0.1, -0.05) is 0 Å². The molecular formula is C11H21ClN2O4. The number of hydrogen-bond acceptors (Lipinski definition) is 4. The summed E-state index contributed by atoms with van der Waals surface area (Å²) in [6.07, 6.45) is -0.0904. The summed E-state index contributed by atoms with van der Waals surface area (Å²) in [6, 6.07) is -0.703. The second-order valence-electron chi connectivity index (χ2n) is 5.37. The van der Waals surface area contributed by atoms with Crippen LogP contribution in [0.25, 0.3) is 0 Å². The average Bonchev–Trinajstić information content (AvgIpc) is 2.42. The van der Waals surface area contributed by atoms with Crippen molar-refractivity contribution in [3.8, 4) is 0 Å². The van der Waals surface area contributed by atoms with E-state index in [1.807, 2.05) is 0 Å². The minimum absolute atomic E-state index is 0. The number of ether oxygens (including phenoxy) is 1. The number of nitrogens with one attached hydrogen (secondary N) is 1. The van der Waals surface area contributed by atoms with Crippen LogP contribution in [0.1, 0.15) is 27.2 Å². The SMILES string of the molecule is CN1CC(NC(=O)OC(C)(C)C)CC1C(=O)O.Cl. The largest absolute Gasteiger partial charge is 0.480 e. The van der Waals surface area contributed by atoms with Gasteiger partial charge in [0, 0.05) is 12.6 Å². The number of likely N-dealkylation sites (N-methyl/N-ethyl adjacent to an activating group) is 1. The van der Waals surface area contributed by atoms with Crippen LogP contribution in [-0.2, 0) is 9.53 Å². The summed E-state index contributed by atoms with van der Waals surface area (Å²) >= 11 is 0. The fourth-order valence-corrected chi connectivity index (χ4v) is 1.87. The van der Waals surface area contributed by atoms with Gasteiger partial charge in [-0.2, -0.15) is 0 Å². The Labute approximate surface area is 113 Å². The molecule has 18 heavy (non-hydrogen) atoms. The topological polar surface area (TPSA) is 78.9 Å². The van der Waals surface area contributed by atoms with E-state index < -0.39 is 23.7 Å². The lowest BCUT2D eigenvalue weighted by Gasteiger charge is -2.21. The zero-order valence-corrected chi connectivity index (χ0v) is 11.9. The number of carboxylic acid groups (broad SMARTS) is 1. The maximum atomic E-state index is 11.5. The van der Waals surface area contributed by atoms with Crippen LogP contribution in [0.3, 0.4) is 0 Å². The third kappa shape index (κ3) is 5.10. The van der Waals surface area contributed by atoms with Gasteiger partial charge in [0.1, 0.15) is 11.6 Å². The van der Waals surface area contributed by atoms with Gasteiger partial charge in [-0.05, 0) is 34.2 Å². The highest BCUT2D eigenvalue weighted by molar-refractivity contribution is 5.85. The maximum Gasteiger partial charge on any atom is 0.407 e. The first-order valence-corrected chi connectivity index (χ1v) is 5.61. The molecule has 1 amide bonds. The summed E-state index contributed by atoms with van der Waals surface area (Å²) in [5, 5.41) is 11.6. The van der Waals surface area contributed by atoms with Crippen LogP contribution in [0, 0.1) is 0 Å². The van der Waals surface area contributed by atoms with E-state index in [1.54, 1.807) is 32.7 Å². The first-order valence-electron chi connectivity index (χ1n) is 5.61. The van der Waals surface area contributed by atoms with E-state index in [0.29, 0.717) is 13.0 Å². The smallest absolute Gasteiger partial charge is 0.407 e. The zero-order valence-electron chi connectivity index (χ0n) is 11.1. The Morgan fingerprint density at radius 1 is 1.39 bits per heavy atom. The van der Waals surface area contributed by atoms with Gasteiger partial charge in [0.05, 0.1) is 0 Å². The number of aliphatic carboxylic acids is 1. The van der Waals surface area contributed by atoms with Gasteiger partial charge in [-0.15, -0.1) is 12.4 Å². The Morgan fingerprint density at radius 3 is 2.33 bits per heavy atom. The summed E-state index contributed by atoms with van der Waals surface area (Å²) in [7, 11) is 1.73. The van der Waals surface area contributed by atoms with Gasteiger partial charge in [0.2, 0.25) is 0 Å². The van der Waals surface area contributed by atoms with Crippen LogP contribution in [0.4, 0.5) is 4.79 Å². The first kappa shape index (κ1) is 17.0. The molecule has 1 rings (SSSR count). The predicted molar refractivity (Wildman–Crippen MR) is 69.1 cm³/mol. The molecule has 1 aliphatic heterocycles. The lowest BCUT2D eigenvalue weighted by Crippen LogP contribution is -2.40. The van der Waals surface area contributed by atoms with Crippen molar-refractivity contribution in [1.29, 1.82) is 0 Å². The van der Waals surface area contributed by atoms with E-state index in [9.17, 15) is 9.59 Å². The van der Waals surface area contributed by atoms with Crippen LogP contribution in [0.2, 0.25) is 0 Å². The molecule has 0 radical (unpaired) electrons. The molecule has 0 aromatic carbocycles. The van der Waals surface area contributed by atoms with Crippen molar-refractivity contribution in [1.82, 2.24) is 10.2 Å². The van der Waals surface area contributed by atoms with Crippen molar-refractivity contribution in [3.63, 3.8) is 0 Å². The Bertz CT molecular complexity index is 317. The summed E-state index contributed by atoms with van der Waals surface area (Å²) < 4.78 is 5.11. The van der Waals surface area contributed by atoms with E-state index in [1.165, 1.54) is 0 Å². The van der Waals surface area contributed by atoms with Gasteiger partial charge in [-0.25, -0.2) is 4.79 Å². The zero-order chi connectivity index (χ0) is 13.2. The van der Waals surface area contributed by atoms with Crippen LogP contribution in [-0.4, -0.2) is 53.3 Å². The summed E-state index contributed by atoms with van der Waals surface area (Å²) in [5.74, 6) is -0.860. The van der Waals surface area contributed by atoms with Gasteiger partial charge in [-0.3, -0.25) is 9.69 Å². The van der Waals surface area contributed by atoms with Crippen molar-refractivity contribution < 1.29 is 19.4 Å². The van der Waals surface area contributed by atoms with E-state index in [4.69, 9.17) is 9.84 Å². The first-order chi connectivity index (χ1) is 7.69. The van der Waals surface area contributed by atoms with Crippen LogP contribution >= 0.6 is 12.4 Å². The molecule has 1 fully saturated rings. The molecule has 1 saturated heterocycles. The van der Waals surface area contributed by atoms with E-state index in [-0.39, 0.29) is 18.4 Å². The van der Waals surface area contributed by atoms with E-state index >= 15 is 0 Å². The van der Waals surface area contributed by atoms with Crippen molar-refractivity contribution in [3.05, 3.63) is 0 Å². The number of amides is 1. The molecule has 2 unspecified atom stereocenters. The van der Waals surface area contributed by atoms with Crippen molar-refractivity contribution in [2.24, 2.45) is 0 Å². The van der Waals surface area contributed by atoms with E-state index in [2.05, 4.69) is 5.32 Å². The number of nitrogens with zero attached hydrogens (tertiary/aromatic N) is 1. The van der Waals surface area contributed by atoms with Crippen LogP contribution < -0.4 is 5.32 Å². The molecule has 0 aliphatic carbocycles. The number of carboxylic acids is 1. The fourth-order valence-electron chi connectivity index (χ4n) is 1.87. The lowest BCUT2D eigenvalue weighted by molar-refractivity contribution is -0.141. The van der Waals surface area contributed by atoms with Crippen molar-refractivity contribution >= 4 is 24.5 Å². The standard InChI is InChI=1S/C11H20N2O4.ClH/c1-11(2,3)17-10(16)12-7-5-8(9(14)15)13(4)6-7;/h7-8H,5-6H2,1-4H3,(H,12,16)(H,14,15);1H. The second kappa shape index (κ2) is 6.24. The number of halogens is 1. The number of hydrogen-bond donors (Lipinski definition) is 2. The third-order valence-electron chi connectivity index (χ3n) is 2.55. The van der Waals surface area contributed by atoms with Gasteiger partial charge in [0.25, 0.3) is 0 Å². The maximum absolute atomic E-state index is 11.5. The van der Waals surface area contributed by atoms with Crippen molar-refractivity contribution in [2.45, 2.75) is 44.9 Å². The Hall–Kier alpha value is -1.01. The summed E-state index contributed by atoms with van der Waals surface area (Å²) in [6.45, 7) is 5.88. The Balaban J connectivity index is 0.00000289. The lowest BCUT2D eigenvalue weighted by atomic mass is 10.2. The van der Waals surface area contributed by atoms with Gasteiger partial charge < -0.3 is 15.2 Å². The second-order valence-corrected chi connectivity index (χ2v) is 5.37. The third-order valence-corrected chi connectivity index (χ3v) is 2.55. The molecule has 0 spiro atoms. The molecule has 0 saturated carbocycles. The monoisotopic (exact) mass is 280 g/mol. The van der Waals surface area contributed by atoms with Gasteiger partial charge in [0.15, 0.2) is 0 Å². The molecule has 7 heteroatoms. The minimum atomic E-state index is -0.860. The summed E-state index contributed by atoms with van der Waals surface area (Å²) in [5.41, 5.74) is -0.541. The molecule has 0 aromatic heterocycles. The molecule has 2 atom stereocenters. The molecule has 106 valence electrons. The average molecular weight is 281 g/mol. The molecule has 0 aromatic rings. The normalized spacial score (nSPS) is 24.2. The number of carbonyl (C=O) groups is 2. The quantitative estimate of drug-likeness (QED) is 0.792. The Kier molecular flexibility index (Phi) is 5.89. The molecule has 1 heterocycles. The highest BCUT2D eigenvalue weighted by atomic mass is 35.5. The van der Waals surface area contributed by atoms with Crippen LogP contribution in [0.5, 0.6) is 0 Å². The predicted octanol–water partition coefficient (Wildman–Crippen LogP) is 1.09. The molecule has 1 aliphatic rings.